The lowest BCUT2D eigenvalue weighted by atomic mass is 10.0. The zero-order chi connectivity index (χ0) is 20.3. The van der Waals surface area contributed by atoms with Gasteiger partial charge >= 0.3 is 11.9 Å². The fraction of sp³-hybridized carbons (Fsp3) is 0.190. The van der Waals surface area contributed by atoms with Gasteiger partial charge in [0.15, 0.2) is 0 Å². The van der Waals surface area contributed by atoms with Crippen LogP contribution in [-0.4, -0.2) is 24.0 Å². The predicted molar refractivity (Wildman–Crippen MR) is 103 cm³/mol. The first-order chi connectivity index (χ1) is 13.4. The number of fused-ring (bicyclic) bond motifs is 1. The van der Waals surface area contributed by atoms with Crippen molar-refractivity contribution in [2.75, 3.05) is 7.11 Å². The fourth-order valence-electron chi connectivity index (χ4n) is 2.96. The lowest BCUT2D eigenvalue weighted by Gasteiger charge is -2.13. The molecule has 0 N–H and O–H groups in total. The van der Waals surface area contributed by atoms with E-state index < -0.39 is 17.8 Å². The van der Waals surface area contributed by atoms with Gasteiger partial charge in [0.2, 0.25) is 0 Å². The van der Waals surface area contributed by atoms with Gasteiger partial charge in [-0.15, -0.1) is 0 Å². The molecule has 28 heavy (non-hydrogen) atoms. The summed E-state index contributed by atoms with van der Waals surface area (Å²) in [7, 11) is 1.27. The first-order valence-corrected chi connectivity index (χ1v) is 8.85. The Morgan fingerprint density at radius 2 is 1.89 bits per heavy atom. The van der Waals surface area contributed by atoms with Crippen molar-refractivity contribution in [2.45, 2.75) is 20.0 Å². The third-order valence-electron chi connectivity index (χ3n) is 4.37. The fourth-order valence-corrected chi connectivity index (χ4v) is 3.19. The maximum Gasteiger partial charge on any atom is 0.340 e. The number of esters is 2. The highest BCUT2D eigenvalue weighted by Crippen LogP contribution is 2.25. The summed E-state index contributed by atoms with van der Waals surface area (Å²) in [5.74, 6) is -1.84. The third kappa shape index (κ3) is 3.97. The molecule has 3 rings (SSSR count). The van der Waals surface area contributed by atoms with Gasteiger partial charge in [-0.3, -0.25) is 4.79 Å². The van der Waals surface area contributed by atoms with Gasteiger partial charge in [0, 0.05) is 16.0 Å². The largest absolute Gasteiger partial charge is 0.465 e. The summed E-state index contributed by atoms with van der Waals surface area (Å²) in [6.45, 7) is 1.53. The van der Waals surface area contributed by atoms with E-state index in [0.29, 0.717) is 11.1 Å². The lowest BCUT2D eigenvalue weighted by Crippen LogP contribution is -2.15. The van der Waals surface area contributed by atoms with Crippen molar-refractivity contribution >= 4 is 34.4 Å². The Morgan fingerprint density at radius 1 is 1.14 bits per heavy atom. The predicted octanol–water partition coefficient (Wildman–Crippen LogP) is 4.41. The molecule has 0 aliphatic carbocycles. The first kappa shape index (κ1) is 19.8. The minimum Gasteiger partial charge on any atom is -0.465 e. The number of pyridine rings is 1. The van der Waals surface area contributed by atoms with Gasteiger partial charge in [0.1, 0.15) is 12.4 Å². The molecule has 0 bridgehead atoms. The molecule has 0 atom stereocenters. The van der Waals surface area contributed by atoms with Crippen molar-refractivity contribution < 1.29 is 23.5 Å². The molecule has 0 unspecified atom stereocenters. The Labute approximate surface area is 166 Å². The van der Waals surface area contributed by atoms with Crippen LogP contribution in [0.4, 0.5) is 4.39 Å². The van der Waals surface area contributed by atoms with E-state index in [1.807, 2.05) is 18.2 Å². The van der Waals surface area contributed by atoms with Gasteiger partial charge in [-0.1, -0.05) is 35.9 Å². The van der Waals surface area contributed by atoms with Crippen LogP contribution in [0.3, 0.4) is 0 Å². The van der Waals surface area contributed by atoms with Crippen LogP contribution in [0.25, 0.3) is 10.9 Å². The van der Waals surface area contributed by atoms with Crippen molar-refractivity contribution in [2.24, 2.45) is 0 Å². The first-order valence-electron chi connectivity index (χ1n) is 8.47. The second kappa shape index (κ2) is 8.35. The molecule has 0 saturated carbocycles. The highest BCUT2D eigenvalue weighted by molar-refractivity contribution is 6.31. The summed E-state index contributed by atoms with van der Waals surface area (Å²) >= 11 is 5.94. The molecule has 7 heteroatoms. The average Bonchev–Trinajstić information content (AvgIpc) is 2.69. The van der Waals surface area contributed by atoms with Gasteiger partial charge in [0.05, 0.1) is 30.3 Å². The maximum absolute atomic E-state index is 13.9. The monoisotopic (exact) mass is 401 g/mol. The molecule has 0 aliphatic rings. The molecule has 0 aliphatic heterocycles. The van der Waals surface area contributed by atoms with Gasteiger partial charge in [-0.05, 0) is 30.7 Å². The number of hydrogen-bond donors (Lipinski definition) is 0. The van der Waals surface area contributed by atoms with E-state index in [4.69, 9.17) is 21.1 Å². The number of nitrogens with zero attached hydrogens (tertiary/aromatic N) is 1. The Hall–Kier alpha value is -2.99. The number of para-hydroxylation sites is 1. The highest BCUT2D eigenvalue weighted by atomic mass is 35.5. The zero-order valence-corrected chi connectivity index (χ0v) is 16.0. The van der Waals surface area contributed by atoms with Crippen LogP contribution < -0.4 is 0 Å². The summed E-state index contributed by atoms with van der Waals surface area (Å²) in [6, 6.07) is 11.5. The van der Waals surface area contributed by atoms with Crippen LogP contribution in [0.2, 0.25) is 5.02 Å². The normalized spacial score (nSPS) is 10.7. The molecule has 0 fully saturated rings. The number of carbonyl (C=O) groups is 2. The number of halogens is 2. The Morgan fingerprint density at radius 3 is 2.61 bits per heavy atom. The van der Waals surface area contributed by atoms with Crippen molar-refractivity contribution in [3.8, 4) is 0 Å². The molecule has 144 valence electrons. The maximum atomic E-state index is 13.9. The van der Waals surface area contributed by atoms with Crippen molar-refractivity contribution in [1.82, 2.24) is 4.98 Å². The SMILES string of the molecule is COC(=O)c1c(COC(=O)Cc2c(F)cccc2Cl)nc2ccccc2c1C. The molecular formula is C21H17ClFNO4. The molecule has 0 amide bonds. The molecule has 0 radical (unpaired) electrons. The summed E-state index contributed by atoms with van der Waals surface area (Å²) in [5, 5.41) is 0.947. The second-order valence-electron chi connectivity index (χ2n) is 6.10. The van der Waals surface area contributed by atoms with Gasteiger partial charge in [-0.2, -0.15) is 0 Å². The van der Waals surface area contributed by atoms with Gasteiger partial charge in [-0.25, -0.2) is 14.2 Å². The van der Waals surface area contributed by atoms with E-state index in [-0.39, 0.29) is 34.9 Å². The van der Waals surface area contributed by atoms with E-state index in [0.717, 1.165) is 5.39 Å². The molecular weight excluding hydrogens is 385 g/mol. The van der Waals surface area contributed by atoms with Gasteiger partial charge in [0.25, 0.3) is 0 Å². The van der Waals surface area contributed by atoms with E-state index in [1.165, 1.54) is 25.3 Å². The van der Waals surface area contributed by atoms with Crippen molar-refractivity contribution in [3.05, 3.63) is 75.7 Å². The molecule has 1 aromatic heterocycles. The average molecular weight is 402 g/mol. The molecule has 0 saturated heterocycles. The molecule has 1 heterocycles. The minimum absolute atomic E-state index is 0.0602. The van der Waals surface area contributed by atoms with E-state index in [2.05, 4.69) is 4.98 Å². The minimum atomic E-state index is -0.685. The standard InChI is InChI=1S/C21H17ClFNO4/c1-12-13-6-3-4-9-17(13)24-18(20(12)21(26)27-2)11-28-19(25)10-14-15(22)7-5-8-16(14)23/h3-9H,10-11H2,1-2H3. The third-order valence-corrected chi connectivity index (χ3v) is 4.72. The van der Waals surface area contributed by atoms with Crippen molar-refractivity contribution in [3.63, 3.8) is 0 Å². The van der Waals surface area contributed by atoms with Crippen LogP contribution >= 0.6 is 11.6 Å². The number of benzene rings is 2. The van der Waals surface area contributed by atoms with Crippen LogP contribution in [0.5, 0.6) is 0 Å². The number of carbonyl (C=O) groups excluding carboxylic acids is 2. The summed E-state index contributed by atoms with van der Waals surface area (Å²) in [5.41, 5.74) is 1.93. The van der Waals surface area contributed by atoms with E-state index in [1.54, 1.807) is 13.0 Å². The molecule has 0 spiro atoms. The Kier molecular flexibility index (Phi) is 5.90. The number of methoxy groups -OCH3 is 1. The summed E-state index contributed by atoms with van der Waals surface area (Å²) in [4.78, 5) is 28.9. The van der Waals surface area contributed by atoms with Gasteiger partial charge < -0.3 is 9.47 Å². The summed E-state index contributed by atoms with van der Waals surface area (Å²) in [6.07, 6.45) is -0.328. The van der Waals surface area contributed by atoms with Crippen LogP contribution in [-0.2, 0) is 27.3 Å². The Balaban J connectivity index is 1.87. The van der Waals surface area contributed by atoms with Crippen molar-refractivity contribution in [1.29, 1.82) is 0 Å². The highest BCUT2D eigenvalue weighted by Gasteiger charge is 2.21. The summed E-state index contributed by atoms with van der Waals surface area (Å²) < 4.78 is 24.0. The van der Waals surface area contributed by atoms with E-state index >= 15 is 0 Å². The second-order valence-corrected chi connectivity index (χ2v) is 6.51. The number of rotatable bonds is 5. The van der Waals surface area contributed by atoms with Crippen LogP contribution in [0.15, 0.2) is 42.5 Å². The number of aryl methyl sites for hydroxylation is 1. The number of ether oxygens (including phenoxy) is 2. The zero-order valence-electron chi connectivity index (χ0n) is 15.3. The van der Waals surface area contributed by atoms with Crippen LogP contribution in [0, 0.1) is 12.7 Å². The topological polar surface area (TPSA) is 65.5 Å². The molecule has 2 aromatic carbocycles. The quantitative estimate of drug-likeness (QED) is 0.592. The smallest absolute Gasteiger partial charge is 0.340 e. The number of aromatic nitrogens is 1. The van der Waals surface area contributed by atoms with E-state index in [9.17, 15) is 14.0 Å². The van der Waals surface area contributed by atoms with Crippen LogP contribution in [0.1, 0.15) is 27.2 Å². The molecule has 5 nitrogen and oxygen atoms in total. The number of hydrogen-bond acceptors (Lipinski definition) is 5. The Bertz CT molecular complexity index is 1050. The lowest BCUT2D eigenvalue weighted by molar-refractivity contribution is -0.144. The molecule has 3 aromatic rings.